The number of carbonyl (C=O) groups excluding carboxylic acids is 3. The molecule has 3 aromatic carbocycles. The summed E-state index contributed by atoms with van der Waals surface area (Å²) in [6, 6.07) is 20.6. The molecule has 1 aliphatic heterocycles. The first kappa shape index (κ1) is 28.4. The predicted molar refractivity (Wildman–Crippen MR) is 150 cm³/mol. The third kappa shape index (κ3) is 6.53. The van der Waals surface area contributed by atoms with Crippen LogP contribution in [0.5, 0.6) is 0 Å². The van der Waals surface area contributed by atoms with E-state index in [1.165, 1.54) is 7.11 Å². The van der Waals surface area contributed by atoms with Crippen molar-refractivity contribution in [1.29, 1.82) is 0 Å². The van der Waals surface area contributed by atoms with Crippen molar-refractivity contribution in [3.05, 3.63) is 99.5 Å². The minimum atomic E-state index is -1.48. The van der Waals surface area contributed by atoms with E-state index in [9.17, 15) is 14.4 Å². The number of anilines is 1. The van der Waals surface area contributed by atoms with Gasteiger partial charge in [-0.1, -0.05) is 71.7 Å². The number of ether oxygens (including phenoxy) is 2. The van der Waals surface area contributed by atoms with Crippen LogP contribution in [0.3, 0.4) is 0 Å². The average Bonchev–Trinajstić information content (AvgIpc) is 3.22. The molecule has 1 heterocycles. The largest absolute Gasteiger partial charge is 0.468 e. The van der Waals surface area contributed by atoms with E-state index in [2.05, 4.69) is 16.0 Å². The first-order chi connectivity index (χ1) is 18.8. The van der Waals surface area contributed by atoms with E-state index < -0.39 is 23.6 Å². The van der Waals surface area contributed by atoms with E-state index in [0.29, 0.717) is 52.7 Å². The number of benzene rings is 3. The highest BCUT2D eigenvalue weighted by molar-refractivity contribution is 6.32. The van der Waals surface area contributed by atoms with Crippen molar-refractivity contribution in [1.82, 2.24) is 10.6 Å². The van der Waals surface area contributed by atoms with Gasteiger partial charge in [0.2, 0.25) is 0 Å². The topological polar surface area (TPSA) is 106 Å². The second-order valence-corrected chi connectivity index (χ2v) is 9.92. The fourth-order valence-electron chi connectivity index (χ4n) is 4.62. The second kappa shape index (κ2) is 13.0. The van der Waals surface area contributed by atoms with Crippen LogP contribution in [0.15, 0.2) is 72.8 Å². The Balaban J connectivity index is 1.45. The van der Waals surface area contributed by atoms with Crippen LogP contribution in [0, 0.1) is 0 Å². The Morgan fingerprint density at radius 3 is 2.46 bits per heavy atom. The van der Waals surface area contributed by atoms with Crippen LogP contribution in [-0.4, -0.2) is 37.7 Å². The number of hydrogen-bond acceptors (Lipinski definition) is 6. The number of nitrogens with one attached hydrogen (secondary N) is 3. The van der Waals surface area contributed by atoms with Crippen LogP contribution in [-0.2, 0) is 31.2 Å². The second-order valence-electron chi connectivity index (χ2n) is 9.08. The van der Waals surface area contributed by atoms with Crippen LogP contribution < -0.4 is 16.0 Å². The number of carbonyl (C=O) groups is 3. The molecule has 0 saturated heterocycles. The van der Waals surface area contributed by atoms with E-state index >= 15 is 0 Å². The zero-order chi connectivity index (χ0) is 27.8. The minimum absolute atomic E-state index is 0.179. The fourth-order valence-corrected chi connectivity index (χ4v) is 5.07. The van der Waals surface area contributed by atoms with E-state index in [4.69, 9.17) is 32.7 Å². The van der Waals surface area contributed by atoms with E-state index in [0.717, 1.165) is 5.56 Å². The molecule has 0 aliphatic carbocycles. The molecule has 3 aromatic rings. The summed E-state index contributed by atoms with van der Waals surface area (Å²) in [7, 11) is 1.29. The lowest BCUT2D eigenvalue weighted by molar-refractivity contribution is -0.144. The first-order valence-electron chi connectivity index (χ1n) is 12.5. The van der Waals surface area contributed by atoms with Gasteiger partial charge in [0.1, 0.15) is 12.6 Å². The zero-order valence-corrected chi connectivity index (χ0v) is 22.9. The Morgan fingerprint density at radius 2 is 1.72 bits per heavy atom. The smallest absolute Gasteiger partial charge is 0.407 e. The highest BCUT2D eigenvalue weighted by Crippen LogP contribution is 2.44. The molecule has 10 heteroatoms. The molecule has 0 saturated carbocycles. The van der Waals surface area contributed by atoms with Gasteiger partial charge in [0, 0.05) is 33.4 Å². The van der Waals surface area contributed by atoms with Crippen molar-refractivity contribution in [2.75, 3.05) is 19.0 Å². The molecular weight excluding hydrogens is 541 g/mol. The zero-order valence-electron chi connectivity index (χ0n) is 21.3. The van der Waals surface area contributed by atoms with Gasteiger partial charge in [-0.25, -0.2) is 4.79 Å². The van der Waals surface area contributed by atoms with E-state index in [1.807, 2.05) is 30.3 Å². The normalized spacial score (nSPS) is 16.6. The number of hydrogen-bond donors (Lipinski definition) is 3. The Bertz CT molecular complexity index is 1340. The van der Waals surface area contributed by atoms with Gasteiger partial charge in [-0.3, -0.25) is 14.9 Å². The number of unbranched alkanes of at least 4 members (excludes halogenated alkanes) is 1. The van der Waals surface area contributed by atoms with E-state index in [1.54, 1.807) is 42.5 Å². The van der Waals surface area contributed by atoms with Gasteiger partial charge < -0.3 is 20.1 Å². The summed E-state index contributed by atoms with van der Waals surface area (Å²) in [5.74, 6) is -0.912. The molecule has 2 atom stereocenters. The van der Waals surface area contributed by atoms with Gasteiger partial charge in [0.05, 0.1) is 7.11 Å². The molecule has 0 fully saturated rings. The maximum Gasteiger partial charge on any atom is 0.407 e. The van der Waals surface area contributed by atoms with Gasteiger partial charge in [-0.2, -0.15) is 0 Å². The maximum atomic E-state index is 13.6. The van der Waals surface area contributed by atoms with Crippen LogP contribution in [0.25, 0.3) is 0 Å². The lowest BCUT2D eigenvalue weighted by Crippen LogP contribution is -2.56. The van der Waals surface area contributed by atoms with Crippen LogP contribution in [0.4, 0.5) is 10.5 Å². The Labute approximate surface area is 237 Å². The third-order valence-corrected chi connectivity index (χ3v) is 7.10. The van der Waals surface area contributed by atoms with Gasteiger partial charge in [-0.15, -0.1) is 0 Å². The molecular formula is C29H29Cl2N3O5. The molecule has 204 valence electrons. The molecule has 3 N–H and O–H groups in total. The van der Waals surface area contributed by atoms with Crippen molar-refractivity contribution in [2.24, 2.45) is 0 Å². The van der Waals surface area contributed by atoms with Crippen molar-refractivity contribution in [3.63, 3.8) is 0 Å². The summed E-state index contributed by atoms with van der Waals surface area (Å²) < 4.78 is 10.3. The highest BCUT2D eigenvalue weighted by Gasteiger charge is 2.51. The van der Waals surface area contributed by atoms with Crippen molar-refractivity contribution < 1.29 is 23.9 Å². The lowest BCUT2D eigenvalue weighted by atomic mass is 9.82. The highest BCUT2D eigenvalue weighted by atomic mass is 35.5. The lowest BCUT2D eigenvalue weighted by Gasteiger charge is -2.34. The van der Waals surface area contributed by atoms with Gasteiger partial charge in [-0.05, 0) is 49.1 Å². The number of rotatable bonds is 11. The third-order valence-electron chi connectivity index (χ3n) is 6.53. The number of halogens is 2. The molecule has 0 radical (unpaired) electrons. The van der Waals surface area contributed by atoms with Crippen LogP contribution in [0.2, 0.25) is 10.0 Å². The molecule has 39 heavy (non-hydrogen) atoms. The van der Waals surface area contributed by atoms with Crippen molar-refractivity contribution in [2.45, 2.75) is 37.5 Å². The summed E-state index contributed by atoms with van der Waals surface area (Å²) >= 11 is 12.9. The summed E-state index contributed by atoms with van der Waals surface area (Å²) in [4.78, 5) is 38.5. The van der Waals surface area contributed by atoms with E-state index in [-0.39, 0.29) is 12.5 Å². The Hall–Kier alpha value is -3.59. The molecule has 0 aromatic heterocycles. The molecule has 0 spiro atoms. The molecule has 1 unspecified atom stereocenters. The first-order valence-corrected chi connectivity index (χ1v) is 13.3. The average molecular weight is 570 g/mol. The van der Waals surface area contributed by atoms with Gasteiger partial charge in [0.25, 0.3) is 5.91 Å². The number of fused-ring (bicyclic) bond motifs is 1. The summed E-state index contributed by atoms with van der Waals surface area (Å²) in [6.07, 6.45) is 0.941. The molecule has 2 amide bonds. The number of amides is 2. The number of esters is 1. The standard InChI is InChI=1S/C29H29Cl2N3O5/c1-38-26(35)25(13-7-8-16-32-28(37)39-18-19-9-3-2-4-10-19)34-29(21-11-5-6-12-23(21)31)22-17-20(30)14-15-24(22)33-27(29)36/h2-6,9-12,14-15,17,25,34H,7-8,13,16,18H2,1H3,(H,32,37)(H,33,36)/t25-,29?/m0/s1. The number of methoxy groups -OCH3 is 1. The Kier molecular flexibility index (Phi) is 9.45. The molecule has 4 rings (SSSR count). The summed E-state index contributed by atoms with van der Waals surface area (Å²) in [5, 5.41) is 9.66. The molecule has 1 aliphatic rings. The SMILES string of the molecule is COC(=O)[C@H](CCCCNC(=O)OCc1ccccc1)NC1(c2ccccc2Cl)C(=O)Nc2ccc(Cl)cc21. The minimum Gasteiger partial charge on any atom is -0.468 e. The molecule has 0 bridgehead atoms. The van der Waals surface area contributed by atoms with Gasteiger partial charge >= 0.3 is 12.1 Å². The number of alkyl carbamates (subject to hydrolysis) is 1. The van der Waals surface area contributed by atoms with Crippen LogP contribution >= 0.6 is 23.2 Å². The molecule has 8 nitrogen and oxygen atoms in total. The summed E-state index contributed by atoms with van der Waals surface area (Å²) in [5.41, 5.74) is 1.04. The monoisotopic (exact) mass is 569 g/mol. The fraction of sp³-hybridized carbons (Fsp3) is 0.276. The summed E-state index contributed by atoms with van der Waals surface area (Å²) in [6.45, 7) is 0.536. The Morgan fingerprint density at radius 1 is 0.974 bits per heavy atom. The van der Waals surface area contributed by atoms with Crippen molar-refractivity contribution in [3.8, 4) is 0 Å². The van der Waals surface area contributed by atoms with Crippen molar-refractivity contribution >= 4 is 46.9 Å². The maximum absolute atomic E-state index is 13.6. The quantitative estimate of drug-likeness (QED) is 0.210. The predicted octanol–water partition coefficient (Wildman–Crippen LogP) is 5.42. The van der Waals surface area contributed by atoms with Gasteiger partial charge in [0.15, 0.2) is 5.54 Å². The van der Waals surface area contributed by atoms with Crippen LogP contribution in [0.1, 0.15) is 36.0 Å².